The minimum Gasteiger partial charge on any atom is -0.444 e. The molecule has 0 bridgehead atoms. The summed E-state index contributed by atoms with van der Waals surface area (Å²) >= 11 is 6.01. The number of amides is 1. The van der Waals surface area contributed by atoms with E-state index in [4.69, 9.17) is 16.3 Å². The number of nitrogens with zero attached hydrogens (tertiary/aromatic N) is 1. The summed E-state index contributed by atoms with van der Waals surface area (Å²) in [7, 11) is 0. The quantitative estimate of drug-likeness (QED) is 0.813. The molecule has 1 heterocycles. The van der Waals surface area contributed by atoms with Crippen LogP contribution < -0.4 is 4.90 Å². The molecule has 2 aromatic carbocycles. The Labute approximate surface area is 133 Å². The number of rotatable bonds is 3. The summed E-state index contributed by atoms with van der Waals surface area (Å²) in [6, 6.07) is 13.8. The van der Waals surface area contributed by atoms with Crippen molar-refractivity contribution >= 4 is 29.2 Å². The standard InChI is InChI=1S/C17H14ClNO3/c1-2-19-14-9-8-12(18)10-13(14)15(16(19)20)22-17(21)11-6-4-3-5-7-11/h3-10,15H,2H2,1H3. The van der Waals surface area contributed by atoms with Crippen molar-refractivity contribution in [2.24, 2.45) is 0 Å². The zero-order chi connectivity index (χ0) is 15.7. The van der Waals surface area contributed by atoms with Crippen LogP contribution in [0.5, 0.6) is 0 Å². The molecule has 1 aliphatic heterocycles. The zero-order valence-corrected chi connectivity index (χ0v) is 12.7. The smallest absolute Gasteiger partial charge is 0.339 e. The molecule has 4 nitrogen and oxygen atoms in total. The molecule has 0 fully saturated rings. The van der Waals surface area contributed by atoms with Gasteiger partial charge in [0.1, 0.15) is 0 Å². The highest BCUT2D eigenvalue weighted by Crippen LogP contribution is 2.39. The van der Waals surface area contributed by atoms with Gasteiger partial charge in [-0.15, -0.1) is 0 Å². The SMILES string of the molecule is CCN1C(=O)C(OC(=O)c2ccccc2)c2cc(Cl)ccc21. The third-order valence-corrected chi connectivity index (χ3v) is 3.84. The van der Waals surface area contributed by atoms with Gasteiger partial charge in [-0.25, -0.2) is 4.79 Å². The second kappa shape index (κ2) is 5.81. The number of benzene rings is 2. The van der Waals surface area contributed by atoms with Gasteiger partial charge in [0.2, 0.25) is 6.10 Å². The summed E-state index contributed by atoms with van der Waals surface area (Å²) in [6.07, 6.45) is -0.943. The molecule has 1 atom stereocenters. The Morgan fingerprint density at radius 3 is 2.64 bits per heavy atom. The van der Waals surface area contributed by atoms with Crippen LogP contribution in [0.25, 0.3) is 0 Å². The van der Waals surface area contributed by atoms with Gasteiger partial charge in [0, 0.05) is 17.1 Å². The van der Waals surface area contributed by atoms with E-state index in [1.807, 2.05) is 13.0 Å². The first-order chi connectivity index (χ1) is 10.6. The van der Waals surface area contributed by atoms with E-state index in [0.717, 1.165) is 5.69 Å². The van der Waals surface area contributed by atoms with E-state index in [9.17, 15) is 9.59 Å². The molecule has 1 unspecified atom stereocenters. The molecule has 1 amide bonds. The number of ether oxygens (including phenoxy) is 1. The lowest BCUT2D eigenvalue weighted by atomic mass is 10.1. The molecule has 5 heteroatoms. The number of fused-ring (bicyclic) bond motifs is 1. The van der Waals surface area contributed by atoms with Gasteiger partial charge >= 0.3 is 5.97 Å². The summed E-state index contributed by atoms with van der Waals surface area (Å²) in [5, 5.41) is 0.505. The van der Waals surface area contributed by atoms with Crippen molar-refractivity contribution in [2.45, 2.75) is 13.0 Å². The summed E-state index contributed by atoms with van der Waals surface area (Å²) in [4.78, 5) is 26.3. The first kappa shape index (κ1) is 14.6. The third kappa shape index (κ3) is 2.46. The molecule has 0 saturated carbocycles. The number of hydrogen-bond acceptors (Lipinski definition) is 3. The van der Waals surface area contributed by atoms with Crippen LogP contribution in [0.4, 0.5) is 5.69 Å². The molecule has 0 aliphatic carbocycles. The van der Waals surface area contributed by atoms with E-state index in [2.05, 4.69) is 0 Å². The molecule has 22 heavy (non-hydrogen) atoms. The van der Waals surface area contributed by atoms with E-state index in [1.54, 1.807) is 47.4 Å². The molecule has 1 aliphatic rings. The van der Waals surface area contributed by atoms with Gasteiger partial charge in [-0.05, 0) is 37.3 Å². The van der Waals surface area contributed by atoms with Crippen LogP contribution in [0.15, 0.2) is 48.5 Å². The van der Waals surface area contributed by atoms with Gasteiger partial charge < -0.3 is 9.64 Å². The van der Waals surface area contributed by atoms with Crippen LogP contribution in [0.1, 0.15) is 28.9 Å². The van der Waals surface area contributed by atoms with Crippen molar-refractivity contribution in [2.75, 3.05) is 11.4 Å². The molecule has 0 N–H and O–H groups in total. The Morgan fingerprint density at radius 1 is 1.23 bits per heavy atom. The molecular weight excluding hydrogens is 302 g/mol. The van der Waals surface area contributed by atoms with Crippen LogP contribution >= 0.6 is 11.6 Å². The van der Waals surface area contributed by atoms with Gasteiger partial charge in [-0.1, -0.05) is 29.8 Å². The van der Waals surface area contributed by atoms with E-state index in [-0.39, 0.29) is 5.91 Å². The first-order valence-corrected chi connectivity index (χ1v) is 7.36. The van der Waals surface area contributed by atoms with Crippen LogP contribution in [0, 0.1) is 0 Å². The zero-order valence-electron chi connectivity index (χ0n) is 12.0. The highest BCUT2D eigenvalue weighted by Gasteiger charge is 2.39. The molecule has 0 aromatic heterocycles. The summed E-state index contributed by atoms with van der Waals surface area (Å²) in [6.45, 7) is 2.38. The second-order valence-corrected chi connectivity index (χ2v) is 5.37. The summed E-state index contributed by atoms with van der Waals surface area (Å²) in [5.41, 5.74) is 1.78. The van der Waals surface area contributed by atoms with Crippen LogP contribution in [-0.4, -0.2) is 18.4 Å². The molecule has 0 spiro atoms. The van der Waals surface area contributed by atoms with E-state index < -0.39 is 12.1 Å². The molecule has 0 radical (unpaired) electrons. The lowest BCUT2D eigenvalue weighted by Crippen LogP contribution is -2.30. The Morgan fingerprint density at radius 2 is 1.95 bits per heavy atom. The molecule has 0 saturated heterocycles. The third-order valence-electron chi connectivity index (χ3n) is 3.60. The number of halogens is 1. The van der Waals surface area contributed by atoms with Gasteiger partial charge in [0.25, 0.3) is 5.91 Å². The number of esters is 1. The topological polar surface area (TPSA) is 46.6 Å². The maximum atomic E-state index is 12.5. The van der Waals surface area contributed by atoms with Crippen molar-refractivity contribution in [3.8, 4) is 0 Å². The first-order valence-electron chi connectivity index (χ1n) is 6.98. The normalized spacial score (nSPS) is 16.5. The average molecular weight is 316 g/mol. The van der Waals surface area contributed by atoms with Crippen molar-refractivity contribution in [1.82, 2.24) is 0 Å². The van der Waals surface area contributed by atoms with E-state index >= 15 is 0 Å². The lowest BCUT2D eigenvalue weighted by Gasteiger charge is -2.15. The highest BCUT2D eigenvalue weighted by atomic mass is 35.5. The Balaban J connectivity index is 1.93. The fraction of sp³-hybridized carbons (Fsp3) is 0.176. The number of carbonyl (C=O) groups is 2. The van der Waals surface area contributed by atoms with Crippen LogP contribution in [0.2, 0.25) is 5.02 Å². The second-order valence-electron chi connectivity index (χ2n) is 4.94. The number of likely N-dealkylation sites (N-methyl/N-ethyl adjacent to an activating group) is 1. The minimum absolute atomic E-state index is 0.246. The van der Waals surface area contributed by atoms with Gasteiger partial charge in [-0.3, -0.25) is 4.79 Å². The van der Waals surface area contributed by atoms with E-state index in [1.165, 1.54) is 0 Å². The fourth-order valence-electron chi connectivity index (χ4n) is 2.56. The average Bonchev–Trinajstić information content (AvgIpc) is 2.79. The Bertz CT molecular complexity index is 730. The Hall–Kier alpha value is -2.33. The molecular formula is C17H14ClNO3. The minimum atomic E-state index is -0.943. The number of carbonyl (C=O) groups excluding carboxylic acids is 2. The van der Waals surface area contributed by atoms with Crippen molar-refractivity contribution in [3.05, 3.63) is 64.7 Å². The van der Waals surface area contributed by atoms with Crippen molar-refractivity contribution in [3.63, 3.8) is 0 Å². The Kier molecular flexibility index (Phi) is 3.86. The summed E-state index contributed by atoms with van der Waals surface area (Å²) < 4.78 is 5.43. The van der Waals surface area contributed by atoms with Crippen LogP contribution in [-0.2, 0) is 9.53 Å². The maximum Gasteiger partial charge on any atom is 0.339 e. The summed E-state index contributed by atoms with van der Waals surface area (Å²) in [5.74, 6) is -0.771. The lowest BCUT2D eigenvalue weighted by molar-refractivity contribution is -0.126. The molecule has 112 valence electrons. The molecule has 2 aromatic rings. The van der Waals surface area contributed by atoms with Gasteiger partial charge in [0.05, 0.1) is 11.3 Å². The number of anilines is 1. The van der Waals surface area contributed by atoms with Crippen molar-refractivity contribution < 1.29 is 14.3 Å². The van der Waals surface area contributed by atoms with Crippen molar-refractivity contribution in [1.29, 1.82) is 0 Å². The van der Waals surface area contributed by atoms with E-state index in [0.29, 0.717) is 22.7 Å². The van der Waals surface area contributed by atoms with Crippen LogP contribution in [0.3, 0.4) is 0 Å². The fourth-order valence-corrected chi connectivity index (χ4v) is 2.74. The molecule has 3 rings (SSSR count). The largest absolute Gasteiger partial charge is 0.444 e. The highest BCUT2D eigenvalue weighted by molar-refractivity contribution is 6.31. The maximum absolute atomic E-state index is 12.5. The number of hydrogen-bond donors (Lipinski definition) is 0. The monoisotopic (exact) mass is 315 g/mol. The predicted molar refractivity (Wildman–Crippen MR) is 84.1 cm³/mol. The van der Waals surface area contributed by atoms with Gasteiger partial charge in [-0.2, -0.15) is 0 Å². The van der Waals surface area contributed by atoms with Gasteiger partial charge in [0.15, 0.2) is 0 Å². The predicted octanol–water partition coefficient (Wildman–Crippen LogP) is 3.60.